The SMILES string of the molecule is CCCCCC/C=C\CCCCCCC[C@H](O)C[C@]1(O)C=C[C@@H](O)[C@@H](O)C1. The van der Waals surface area contributed by atoms with Gasteiger partial charge in [-0.05, 0) is 32.1 Å². The van der Waals surface area contributed by atoms with Gasteiger partial charge in [-0.1, -0.05) is 76.2 Å². The Morgan fingerprint density at radius 2 is 1.56 bits per heavy atom. The zero-order chi connectivity index (χ0) is 20.0. The van der Waals surface area contributed by atoms with Crippen LogP contribution in [0.3, 0.4) is 0 Å². The van der Waals surface area contributed by atoms with Crippen molar-refractivity contribution in [2.75, 3.05) is 0 Å². The molecule has 0 bridgehead atoms. The molecule has 0 radical (unpaired) electrons. The van der Waals surface area contributed by atoms with E-state index in [2.05, 4.69) is 19.1 Å². The third-order valence-electron chi connectivity index (χ3n) is 5.45. The maximum absolute atomic E-state index is 10.4. The van der Waals surface area contributed by atoms with Crippen LogP contribution < -0.4 is 0 Å². The molecule has 4 nitrogen and oxygen atoms in total. The van der Waals surface area contributed by atoms with Gasteiger partial charge < -0.3 is 20.4 Å². The molecule has 0 unspecified atom stereocenters. The number of allylic oxidation sites excluding steroid dienone is 2. The Balaban J connectivity index is 1.97. The Morgan fingerprint density at radius 3 is 2.19 bits per heavy atom. The first-order chi connectivity index (χ1) is 13.0. The Morgan fingerprint density at radius 1 is 0.963 bits per heavy atom. The van der Waals surface area contributed by atoms with Crippen LogP contribution in [-0.4, -0.2) is 44.3 Å². The van der Waals surface area contributed by atoms with Crippen LogP contribution in [-0.2, 0) is 0 Å². The van der Waals surface area contributed by atoms with Gasteiger partial charge in [0, 0.05) is 12.8 Å². The van der Waals surface area contributed by atoms with Crippen molar-refractivity contribution in [1.82, 2.24) is 0 Å². The number of hydrogen-bond donors (Lipinski definition) is 4. The number of unbranched alkanes of at least 4 members (excludes halogenated alkanes) is 9. The van der Waals surface area contributed by atoms with Crippen LogP contribution in [0.15, 0.2) is 24.3 Å². The van der Waals surface area contributed by atoms with Gasteiger partial charge in [-0.15, -0.1) is 0 Å². The molecule has 0 saturated heterocycles. The van der Waals surface area contributed by atoms with Crippen LogP contribution in [0.2, 0.25) is 0 Å². The molecule has 0 aromatic rings. The van der Waals surface area contributed by atoms with Crippen molar-refractivity contribution in [2.24, 2.45) is 0 Å². The molecule has 4 N–H and O–H groups in total. The lowest BCUT2D eigenvalue weighted by Crippen LogP contribution is -2.42. The highest BCUT2D eigenvalue weighted by molar-refractivity contribution is 5.11. The lowest BCUT2D eigenvalue weighted by molar-refractivity contribution is -0.0516. The summed E-state index contributed by atoms with van der Waals surface area (Å²) in [5.74, 6) is 0. The summed E-state index contributed by atoms with van der Waals surface area (Å²) in [5.41, 5.74) is -1.21. The standard InChI is InChI=1S/C23H42O4/c1-2-3-4-5-6-7-8-9-10-11-12-13-14-15-20(24)18-23(27)17-16-21(25)22(26)19-23/h7-8,16-17,20-22,24-27H,2-6,9-15,18-19H2,1H3/b8-7-/t20-,21+,22-,23+/m0/s1. The van der Waals surface area contributed by atoms with Gasteiger partial charge in [0.15, 0.2) is 0 Å². The lowest BCUT2D eigenvalue weighted by Gasteiger charge is -2.34. The summed E-state index contributed by atoms with van der Waals surface area (Å²) in [7, 11) is 0. The smallest absolute Gasteiger partial charge is 0.0982 e. The summed E-state index contributed by atoms with van der Waals surface area (Å²) >= 11 is 0. The molecule has 0 spiro atoms. The van der Waals surface area contributed by atoms with Crippen molar-refractivity contribution in [3.63, 3.8) is 0 Å². The molecule has 0 amide bonds. The Labute approximate surface area is 166 Å². The van der Waals surface area contributed by atoms with Crippen molar-refractivity contribution in [3.8, 4) is 0 Å². The monoisotopic (exact) mass is 382 g/mol. The molecule has 4 heteroatoms. The molecule has 0 aromatic carbocycles. The summed E-state index contributed by atoms with van der Waals surface area (Å²) in [6.07, 6.45) is 19.5. The van der Waals surface area contributed by atoms with Crippen LogP contribution >= 0.6 is 0 Å². The fraction of sp³-hybridized carbons (Fsp3) is 0.826. The maximum Gasteiger partial charge on any atom is 0.0982 e. The molecule has 4 atom stereocenters. The largest absolute Gasteiger partial charge is 0.393 e. The van der Waals surface area contributed by atoms with Gasteiger partial charge in [-0.25, -0.2) is 0 Å². The molecule has 1 rings (SSSR count). The van der Waals surface area contributed by atoms with Gasteiger partial charge in [0.25, 0.3) is 0 Å². The van der Waals surface area contributed by atoms with Crippen molar-refractivity contribution in [3.05, 3.63) is 24.3 Å². The average molecular weight is 383 g/mol. The maximum atomic E-state index is 10.4. The van der Waals surface area contributed by atoms with Gasteiger partial charge in [-0.2, -0.15) is 0 Å². The second-order valence-corrected chi connectivity index (χ2v) is 8.25. The number of aliphatic hydroxyl groups is 4. The van der Waals surface area contributed by atoms with Crippen molar-refractivity contribution >= 4 is 0 Å². The second-order valence-electron chi connectivity index (χ2n) is 8.25. The molecule has 0 aliphatic heterocycles. The van der Waals surface area contributed by atoms with E-state index in [1.165, 1.54) is 69.9 Å². The highest BCUT2D eigenvalue weighted by Gasteiger charge is 2.35. The van der Waals surface area contributed by atoms with E-state index in [4.69, 9.17) is 0 Å². The number of hydrogen-bond acceptors (Lipinski definition) is 4. The Hall–Kier alpha value is -0.680. The topological polar surface area (TPSA) is 80.9 Å². The van der Waals surface area contributed by atoms with Gasteiger partial charge in [0.05, 0.1) is 23.9 Å². The molecule has 0 saturated carbocycles. The van der Waals surface area contributed by atoms with Crippen LogP contribution in [0.4, 0.5) is 0 Å². The summed E-state index contributed by atoms with van der Waals surface area (Å²) < 4.78 is 0. The first kappa shape index (κ1) is 24.4. The zero-order valence-electron chi connectivity index (χ0n) is 17.2. The third-order valence-corrected chi connectivity index (χ3v) is 5.45. The Kier molecular flexibility index (Phi) is 12.9. The van der Waals surface area contributed by atoms with E-state index in [0.29, 0.717) is 6.42 Å². The summed E-state index contributed by atoms with van der Waals surface area (Å²) in [5, 5.41) is 39.7. The molecule has 0 aromatic heterocycles. The molecule has 1 aliphatic carbocycles. The minimum atomic E-state index is -1.21. The highest BCUT2D eigenvalue weighted by atomic mass is 16.3. The first-order valence-corrected chi connectivity index (χ1v) is 11.1. The summed E-state index contributed by atoms with van der Waals surface area (Å²) in [4.78, 5) is 0. The van der Waals surface area contributed by atoms with E-state index < -0.39 is 23.9 Å². The zero-order valence-corrected chi connectivity index (χ0v) is 17.2. The summed E-state index contributed by atoms with van der Waals surface area (Å²) in [6.45, 7) is 2.24. The van der Waals surface area contributed by atoms with Crippen LogP contribution in [0.1, 0.15) is 96.8 Å². The van der Waals surface area contributed by atoms with Crippen molar-refractivity contribution in [2.45, 2.75) is 121 Å². The van der Waals surface area contributed by atoms with E-state index in [1.807, 2.05) is 0 Å². The van der Waals surface area contributed by atoms with Gasteiger partial charge in [0.1, 0.15) is 0 Å². The first-order valence-electron chi connectivity index (χ1n) is 11.1. The molecule has 158 valence electrons. The lowest BCUT2D eigenvalue weighted by atomic mass is 9.83. The van der Waals surface area contributed by atoms with Crippen LogP contribution in [0, 0.1) is 0 Å². The molecular formula is C23H42O4. The van der Waals surface area contributed by atoms with E-state index in [0.717, 1.165) is 12.8 Å². The predicted molar refractivity (Wildman–Crippen MR) is 112 cm³/mol. The highest BCUT2D eigenvalue weighted by Crippen LogP contribution is 2.28. The fourth-order valence-corrected chi connectivity index (χ4v) is 3.72. The molecule has 0 fully saturated rings. The summed E-state index contributed by atoms with van der Waals surface area (Å²) in [6, 6.07) is 0. The molecule has 1 aliphatic rings. The van der Waals surface area contributed by atoms with E-state index >= 15 is 0 Å². The number of rotatable bonds is 15. The van der Waals surface area contributed by atoms with E-state index in [9.17, 15) is 20.4 Å². The van der Waals surface area contributed by atoms with Gasteiger partial charge in [-0.3, -0.25) is 0 Å². The van der Waals surface area contributed by atoms with Gasteiger partial charge >= 0.3 is 0 Å². The van der Waals surface area contributed by atoms with E-state index in [1.54, 1.807) is 0 Å². The van der Waals surface area contributed by atoms with Crippen molar-refractivity contribution < 1.29 is 20.4 Å². The number of aliphatic hydroxyl groups excluding tert-OH is 3. The molecular weight excluding hydrogens is 340 g/mol. The molecule has 27 heavy (non-hydrogen) atoms. The average Bonchev–Trinajstić information content (AvgIpc) is 2.62. The quantitative estimate of drug-likeness (QED) is 0.250. The normalized spacial score (nSPS) is 26.7. The minimum Gasteiger partial charge on any atom is -0.393 e. The predicted octanol–water partition coefficient (Wildman–Crippen LogP) is 4.41. The van der Waals surface area contributed by atoms with Crippen LogP contribution in [0.5, 0.6) is 0 Å². The van der Waals surface area contributed by atoms with Crippen molar-refractivity contribution in [1.29, 1.82) is 0 Å². The fourth-order valence-electron chi connectivity index (χ4n) is 3.72. The van der Waals surface area contributed by atoms with E-state index in [-0.39, 0.29) is 12.8 Å². The third kappa shape index (κ3) is 11.7. The second kappa shape index (κ2) is 14.3. The minimum absolute atomic E-state index is 0.0772. The Bertz CT molecular complexity index is 421. The van der Waals surface area contributed by atoms with Crippen LogP contribution in [0.25, 0.3) is 0 Å². The molecule has 0 heterocycles. The van der Waals surface area contributed by atoms with Gasteiger partial charge in [0.2, 0.25) is 0 Å².